The summed E-state index contributed by atoms with van der Waals surface area (Å²) >= 11 is 11.0. The molecular formula is C15H16BrClN2OS. The summed E-state index contributed by atoms with van der Waals surface area (Å²) in [5, 5.41) is 3.59. The first-order valence-corrected chi connectivity index (χ1v) is 8.41. The summed E-state index contributed by atoms with van der Waals surface area (Å²) in [6, 6.07) is 9.52. The summed E-state index contributed by atoms with van der Waals surface area (Å²) in [5.41, 5.74) is 1.76. The van der Waals surface area contributed by atoms with Crippen molar-refractivity contribution in [1.29, 1.82) is 0 Å². The van der Waals surface area contributed by atoms with E-state index in [1.54, 1.807) is 17.4 Å². The van der Waals surface area contributed by atoms with Crippen LogP contribution in [0.5, 0.6) is 0 Å². The van der Waals surface area contributed by atoms with E-state index in [1.807, 2.05) is 37.1 Å². The molecule has 1 aromatic heterocycles. The van der Waals surface area contributed by atoms with Gasteiger partial charge >= 0.3 is 0 Å². The van der Waals surface area contributed by atoms with Crippen molar-refractivity contribution >= 4 is 50.5 Å². The van der Waals surface area contributed by atoms with Crippen LogP contribution >= 0.6 is 38.9 Å². The lowest BCUT2D eigenvalue weighted by molar-refractivity contribution is -0.117. The number of thiophene rings is 1. The van der Waals surface area contributed by atoms with E-state index in [-0.39, 0.29) is 5.91 Å². The highest BCUT2D eigenvalue weighted by molar-refractivity contribution is 9.11. The zero-order valence-corrected chi connectivity index (χ0v) is 15.0. The summed E-state index contributed by atoms with van der Waals surface area (Å²) < 4.78 is 1.10. The van der Waals surface area contributed by atoms with Crippen LogP contribution in [-0.4, -0.2) is 24.4 Å². The lowest BCUT2D eigenvalue weighted by Gasteiger charge is -2.16. The van der Waals surface area contributed by atoms with Crippen LogP contribution in [0.25, 0.3) is 0 Å². The van der Waals surface area contributed by atoms with Gasteiger partial charge in [-0.1, -0.05) is 11.6 Å². The topological polar surface area (TPSA) is 32.3 Å². The summed E-state index contributed by atoms with van der Waals surface area (Å²) in [5.74, 6) is -0.0291. The second-order valence-corrected chi connectivity index (χ2v) is 7.87. The maximum Gasteiger partial charge on any atom is 0.238 e. The molecule has 0 spiro atoms. The zero-order chi connectivity index (χ0) is 15.4. The number of aryl methyl sites for hydroxylation is 1. The third-order valence-electron chi connectivity index (χ3n) is 2.93. The van der Waals surface area contributed by atoms with Crippen molar-refractivity contribution in [2.45, 2.75) is 13.5 Å². The number of amides is 1. The maximum atomic E-state index is 12.1. The predicted octanol–water partition coefficient (Wildman–Crippen LogP) is 4.54. The van der Waals surface area contributed by atoms with Crippen molar-refractivity contribution in [3.05, 3.63) is 49.6 Å². The highest BCUT2D eigenvalue weighted by atomic mass is 79.9. The van der Waals surface area contributed by atoms with Crippen molar-refractivity contribution in [3.8, 4) is 0 Å². The Kier molecular flexibility index (Phi) is 5.81. The van der Waals surface area contributed by atoms with Crippen molar-refractivity contribution in [3.63, 3.8) is 0 Å². The van der Waals surface area contributed by atoms with Gasteiger partial charge in [-0.25, -0.2) is 0 Å². The largest absolute Gasteiger partial charge is 0.325 e. The van der Waals surface area contributed by atoms with Gasteiger partial charge in [0.1, 0.15) is 0 Å². The second-order valence-electron chi connectivity index (χ2n) is 4.89. The average molecular weight is 388 g/mol. The van der Waals surface area contributed by atoms with Gasteiger partial charge in [-0.15, -0.1) is 11.3 Å². The molecule has 1 N–H and O–H groups in total. The molecule has 0 unspecified atom stereocenters. The molecule has 0 atom stereocenters. The lowest BCUT2D eigenvalue weighted by atomic mass is 10.2. The van der Waals surface area contributed by atoms with Gasteiger partial charge in [0.05, 0.1) is 10.3 Å². The lowest BCUT2D eigenvalue weighted by Crippen LogP contribution is -2.29. The van der Waals surface area contributed by atoms with Crippen LogP contribution in [0.3, 0.4) is 0 Å². The van der Waals surface area contributed by atoms with Crippen LogP contribution in [0.4, 0.5) is 5.69 Å². The van der Waals surface area contributed by atoms with Gasteiger partial charge < -0.3 is 5.32 Å². The minimum Gasteiger partial charge on any atom is -0.325 e. The van der Waals surface area contributed by atoms with Crippen LogP contribution in [0, 0.1) is 6.92 Å². The van der Waals surface area contributed by atoms with Gasteiger partial charge in [0.25, 0.3) is 0 Å². The van der Waals surface area contributed by atoms with E-state index in [4.69, 9.17) is 11.6 Å². The second kappa shape index (κ2) is 7.40. The van der Waals surface area contributed by atoms with E-state index in [0.717, 1.165) is 21.6 Å². The Morgan fingerprint density at radius 1 is 1.38 bits per heavy atom. The van der Waals surface area contributed by atoms with E-state index in [0.29, 0.717) is 11.6 Å². The van der Waals surface area contributed by atoms with Gasteiger partial charge in [0.2, 0.25) is 5.91 Å². The molecule has 0 saturated carbocycles. The molecule has 1 amide bonds. The molecule has 3 nitrogen and oxygen atoms in total. The summed E-state index contributed by atoms with van der Waals surface area (Å²) in [6.07, 6.45) is 0. The van der Waals surface area contributed by atoms with Gasteiger partial charge in [0.15, 0.2) is 0 Å². The molecule has 0 saturated heterocycles. The summed E-state index contributed by atoms with van der Waals surface area (Å²) in [4.78, 5) is 15.3. The van der Waals surface area contributed by atoms with Crippen molar-refractivity contribution in [1.82, 2.24) is 4.90 Å². The SMILES string of the molecule is Cc1cc(Cl)ccc1NC(=O)CN(C)Cc1ccc(Br)s1. The van der Waals surface area contributed by atoms with Gasteiger partial charge in [-0.3, -0.25) is 9.69 Å². The molecule has 112 valence electrons. The Labute approximate surface area is 142 Å². The monoisotopic (exact) mass is 386 g/mol. The third kappa shape index (κ3) is 5.11. The number of carbonyl (C=O) groups excluding carboxylic acids is 1. The summed E-state index contributed by atoms with van der Waals surface area (Å²) in [6.45, 7) is 3.02. The van der Waals surface area contributed by atoms with E-state index in [1.165, 1.54) is 4.88 Å². The molecular weight excluding hydrogens is 372 g/mol. The highest BCUT2D eigenvalue weighted by Crippen LogP contribution is 2.23. The molecule has 0 aliphatic rings. The molecule has 1 heterocycles. The van der Waals surface area contributed by atoms with E-state index in [9.17, 15) is 4.79 Å². The maximum absolute atomic E-state index is 12.1. The standard InChI is InChI=1S/C15H16BrClN2OS/c1-10-7-11(17)3-5-13(10)18-15(20)9-19(2)8-12-4-6-14(16)21-12/h3-7H,8-9H2,1-2H3,(H,18,20). The number of likely N-dealkylation sites (N-methyl/N-ethyl adjacent to an activating group) is 1. The fraction of sp³-hybridized carbons (Fsp3) is 0.267. The Bertz CT molecular complexity index is 644. The first-order chi connectivity index (χ1) is 9.94. The Balaban J connectivity index is 1.89. The van der Waals surface area contributed by atoms with Gasteiger partial charge in [-0.2, -0.15) is 0 Å². The molecule has 0 fully saturated rings. The molecule has 6 heteroatoms. The quantitative estimate of drug-likeness (QED) is 0.816. The zero-order valence-electron chi connectivity index (χ0n) is 11.8. The number of hydrogen-bond acceptors (Lipinski definition) is 3. The first-order valence-electron chi connectivity index (χ1n) is 6.43. The number of nitrogens with one attached hydrogen (secondary N) is 1. The van der Waals surface area contributed by atoms with Crippen LogP contribution in [0.15, 0.2) is 34.1 Å². The molecule has 0 bridgehead atoms. The minimum atomic E-state index is -0.0291. The van der Waals surface area contributed by atoms with Crippen LogP contribution < -0.4 is 5.32 Å². The Morgan fingerprint density at radius 3 is 2.76 bits per heavy atom. The Morgan fingerprint density at radius 2 is 2.14 bits per heavy atom. The molecule has 0 aliphatic carbocycles. The number of halogens is 2. The van der Waals surface area contributed by atoms with Gasteiger partial charge in [-0.05, 0) is 65.8 Å². The smallest absolute Gasteiger partial charge is 0.238 e. The number of rotatable bonds is 5. The molecule has 0 radical (unpaired) electrons. The van der Waals surface area contributed by atoms with Crippen molar-refractivity contribution < 1.29 is 4.79 Å². The van der Waals surface area contributed by atoms with Gasteiger partial charge in [0, 0.05) is 22.1 Å². The third-order valence-corrected chi connectivity index (χ3v) is 4.77. The number of hydrogen-bond donors (Lipinski definition) is 1. The van der Waals surface area contributed by atoms with E-state index >= 15 is 0 Å². The minimum absolute atomic E-state index is 0.0291. The fourth-order valence-corrected chi connectivity index (χ4v) is 3.75. The van der Waals surface area contributed by atoms with Crippen LogP contribution in [0.1, 0.15) is 10.4 Å². The number of carbonyl (C=O) groups is 1. The number of nitrogens with zero attached hydrogens (tertiary/aromatic N) is 1. The molecule has 2 aromatic rings. The normalized spacial score (nSPS) is 10.9. The van der Waals surface area contributed by atoms with Crippen molar-refractivity contribution in [2.24, 2.45) is 0 Å². The van der Waals surface area contributed by atoms with E-state index < -0.39 is 0 Å². The molecule has 1 aromatic carbocycles. The fourth-order valence-electron chi connectivity index (χ4n) is 1.96. The first kappa shape index (κ1) is 16.5. The predicted molar refractivity (Wildman–Crippen MR) is 93.2 cm³/mol. The van der Waals surface area contributed by atoms with Crippen LogP contribution in [0.2, 0.25) is 5.02 Å². The average Bonchev–Trinajstić information content (AvgIpc) is 2.78. The number of anilines is 1. The van der Waals surface area contributed by atoms with Crippen molar-refractivity contribution in [2.75, 3.05) is 18.9 Å². The van der Waals surface area contributed by atoms with E-state index in [2.05, 4.69) is 27.3 Å². The highest BCUT2D eigenvalue weighted by Gasteiger charge is 2.10. The van der Waals surface area contributed by atoms with Crippen LogP contribution in [-0.2, 0) is 11.3 Å². The molecule has 0 aliphatic heterocycles. The molecule has 21 heavy (non-hydrogen) atoms. The Hall–Kier alpha value is -0.880. The molecule has 2 rings (SSSR count). The summed E-state index contributed by atoms with van der Waals surface area (Å²) in [7, 11) is 1.93. The number of benzene rings is 1.